The Morgan fingerprint density at radius 2 is 1.57 bits per heavy atom. The van der Waals surface area contributed by atoms with Crippen LogP contribution in [-0.2, 0) is 4.79 Å². The Labute approximate surface area is 127 Å². The highest BCUT2D eigenvalue weighted by Crippen LogP contribution is 2.13. The van der Waals surface area contributed by atoms with Gasteiger partial charge < -0.3 is 4.90 Å². The lowest BCUT2D eigenvalue weighted by Gasteiger charge is -2.11. The quantitative estimate of drug-likeness (QED) is 0.437. The predicted molar refractivity (Wildman–Crippen MR) is 92.5 cm³/mol. The summed E-state index contributed by atoms with van der Waals surface area (Å²) in [5.74, 6) is 0. The number of hydrogen-bond donors (Lipinski definition) is 0. The van der Waals surface area contributed by atoms with Gasteiger partial charge in [-0.1, -0.05) is 48.1 Å². The van der Waals surface area contributed by atoms with E-state index in [1.807, 2.05) is 46.2 Å². The van der Waals surface area contributed by atoms with Gasteiger partial charge in [-0.2, -0.15) is 0 Å². The molecular weight excluding hydrogens is 258 g/mol. The molecule has 2 heteroatoms. The third-order valence-electron chi connectivity index (χ3n) is 3.00. The first-order valence-electron chi connectivity index (χ1n) is 6.95. The Morgan fingerprint density at radius 1 is 0.952 bits per heavy atom. The van der Waals surface area contributed by atoms with Crippen molar-refractivity contribution < 1.29 is 4.79 Å². The fraction of sp³-hybridized carbons (Fsp3) is 0.211. The van der Waals surface area contributed by atoms with Gasteiger partial charge in [0.15, 0.2) is 0 Å². The maximum absolute atomic E-state index is 10.3. The fourth-order valence-electron chi connectivity index (χ4n) is 1.68. The molecule has 0 spiro atoms. The topological polar surface area (TPSA) is 20.3 Å². The summed E-state index contributed by atoms with van der Waals surface area (Å²) >= 11 is 0. The molecule has 1 rings (SSSR count). The van der Waals surface area contributed by atoms with Crippen LogP contribution in [0.5, 0.6) is 0 Å². The van der Waals surface area contributed by atoms with Crippen LogP contribution in [0.2, 0.25) is 0 Å². The number of carbonyl (C=O) groups excluding carboxylic acids is 1. The maximum Gasteiger partial charge on any atom is 0.143 e. The fourth-order valence-corrected chi connectivity index (χ4v) is 1.68. The lowest BCUT2D eigenvalue weighted by molar-refractivity contribution is -0.104. The zero-order valence-corrected chi connectivity index (χ0v) is 13.2. The summed E-state index contributed by atoms with van der Waals surface area (Å²) in [5, 5.41) is 0. The van der Waals surface area contributed by atoms with Gasteiger partial charge in [0.05, 0.1) is 0 Å². The molecule has 0 saturated heterocycles. The first-order chi connectivity index (χ1) is 10.0. The van der Waals surface area contributed by atoms with Gasteiger partial charge in [0, 0.05) is 19.8 Å². The van der Waals surface area contributed by atoms with Gasteiger partial charge in [-0.3, -0.25) is 4.79 Å². The Bertz CT molecular complexity index is 572. The SMILES string of the molecule is CC(/C=C/C=C(C)/C=C/c1ccc(N(C)C)cc1)=C\C=O. The number of allylic oxidation sites excluding steroid dienone is 7. The molecule has 0 bridgehead atoms. The summed E-state index contributed by atoms with van der Waals surface area (Å²) in [6, 6.07) is 8.41. The molecule has 0 fully saturated rings. The predicted octanol–water partition coefficient (Wildman–Crippen LogP) is 4.41. The molecule has 110 valence electrons. The first kappa shape index (κ1) is 16.7. The van der Waals surface area contributed by atoms with Gasteiger partial charge >= 0.3 is 0 Å². The van der Waals surface area contributed by atoms with E-state index in [4.69, 9.17) is 0 Å². The summed E-state index contributed by atoms with van der Waals surface area (Å²) in [7, 11) is 4.07. The van der Waals surface area contributed by atoms with Crippen LogP contribution in [0, 0.1) is 0 Å². The average molecular weight is 281 g/mol. The van der Waals surface area contributed by atoms with Crippen LogP contribution >= 0.6 is 0 Å². The monoisotopic (exact) mass is 281 g/mol. The van der Waals surface area contributed by atoms with Gasteiger partial charge in [0.1, 0.15) is 6.29 Å². The minimum absolute atomic E-state index is 0.799. The van der Waals surface area contributed by atoms with Crippen LogP contribution in [0.4, 0.5) is 5.69 Å². The largest absolute Gasteiger partial charge is 0.378 e. The van der Waals surface area contributed by atoms with Gasteiger partial charge in [0.25, 0.3) is 0 Å². The standard InChI is InChI=1S/C19H23NO/c1-16(6-5-7-17(2)14-15-21)8-9-18-10-12-19(13-11-18)20(3)4/h5-15H,1-4H3/b7-5+,9-8+,16-6+,17-14+. The van der Waals surface area contributed by atoms with Gasteiger partial charge in [-0.15, -0.1) is 0 Å². The minimum atomic E-state index is 0.799. The van der Waals surface area contributed by atoms with Crippen LogP contribution in [0.1, 0.15) is 19.4 Å². The molecule has 0 aliphatic carbocycles. The summed E-state index contributed by atoms with van der Waals surface area (Å²) in [5.41, 5.74) is 4.47. The number of aldehydes is 1. The third kappa shape index (κ3) is 6.57. The second kappa shape index (κ2) is 8.75. The Hall–Kier alpha value is -2.35. The zero-order chi connectivity index (χ0) is 15.7. The van der Waals surface area contributed by atoms with Crippen molar-refractivity contribution in [2.45, 2.75) is 13.8 Å². The molecule has 21 heavy (non-hydrogen) atoms. The summed E-state index contributed by atoms with van der Waals surface area (Å²) in [4.78, 5) is 12.4. The van der Waals surface area contributed by atoms with E-state index in [-0.39, 0.29) is 0 Å². The van der Waals surface area contributed by atoms with E-state index in [1.165, 1.54) is 11.3 Å². The molecule has 0 aliphatic rings. The lowest BCUT2D eigenvalue weighted by Crippen LogP contribution is -2.07. The zero-order valence-electron chi connectivity index (χ0n) is 13.2. The molecule has 0 radical (unpaired) electrons. The van der Waals surface area contributed by atoms with E-state index in [9.17, 15) is 4.79 Å². The van der Waals surface area contributed by atoms with Crippen LogP contribution in [-0.4, -0.2) is 20.4 Å². The van der Waals surface area contributed by atoms with Crippen LogP contribution < -0.4 is 4.90 Å². The molecule has 1 aromatic carbocycles. The van der Waals surface area contributed by atoms with E-state index >= 15 is 0 Å². The number of rotatable bonds is 6. The Balaban J connectivity index is 2.67. The van der Waals surface area contributed by atoms with Crippen molar-refractivity contribution in [2.24, 2.45) is 0 Å². The molecular formula is C19H23NO. The minimum Gasteiger partial charge on any atom is -0.378 e. The smallest absolute Gasteiger partial charge is 0.143 e. The second-order valence-electron chi connectivity index (χ2n) is 5.14. The van der Waals surface area contributed by atoms with Crippen molar-refractivity contribution >= 4 is 18.0 Å². The van der Waals surface area contributed by atoms with Crippen molar-refractivity contribution in [3.05, 3.63) is 71.4 Å². The molecule has 0 aromatic heterocycles. The second-order valence-corrected chi connectivity index (χ2v) is 5.14. The first-order valence-corrected chi connectivity index (χ1v) is 6.95. The molecule has 1 aromatic rings. The van der Waals surface area contributed by atoms with Gasteiger partial charge in [-0.25, -0.2) is 0 Å². The molecule has 2 nitrogen and oxygen atoms in total. The highest BCUT2D eigenvalue weighted by Gasteiger charge is 1.93. The van der Waals surface area contributed by atoms with Crippen LogP contribution in [0.25, 0.3) is 6.08 Å². The number of benzene rings is 1. The van der Waals surface area contributed by atoms with Crippen molar-refractivity contribution in [2.75, 3.05) is 19.0 Å². The van der Waals surface area contributed by atoms with E-state index in [0.717, 1.165) is 17.4 Å². The molecule has 0 N–H and O–H groups in total. The summed E-state index contributed by atoms with van der Waals surface area (Å²) < 4.78 is 0. The van der Waals surface area contributed by atoms with Crippen molar-refractivity contribution in [3.8, 4) is 0 Å². The molecule has 0 amide bonds. The highest BCUT2D eigenvalue weighted by atomic mass is 16.1. The number of hydrogen-bond acceptors (Lipinski definition) is 2. The highest BCUT2D eigenvalue weighted by molar-refractivity contribution is 5.67. The summed E-state index contributed by atoms with van der Waals surface area (Å²) in [6.07, 6.45) is 12.4. The Kier molecular flexibility index (Phi) is 6.96. The van der Waals surface area contributed by atoms with Crippen molar-refractivity contribution in [3.63, 3.8) is 0 Å². The number of nitrogens with zero attached hydrogens (tertiary/aromatic N) is 1. The van der Waals surface area contributed by atoms with E-state index in [1.54, 1.807) is 6.08 Å². The van der Waals surface area contributed by atoms with Crippen LogP contribution in [0.15, 0.2) is 65.8 Å². The maximum atomic E-state index is 10.3. The summed E-state index contributed by atoms with van der Waals surface area (Å²) in [6.45, 7) is 3.95. The van der Waals surface area contributed by atoms with E-state index in [2.05, 4.69) is 41.3 Å². The third-order valence-corrected chi connectivity index (χ3v) is 3.00. The lowest BCUT2D eigenvalue weighted by atomic mass is 10.1. The van der Waals surface area contributed by atoms with Gasteiger partial charge in [0.2, 0.25) is 0 Å². The number of anilines is 1. The molecule has 0 saturated carbocycles. The average Bonchev–Trinajstić information content (AvgIpc) is 2.46. The molecule has 0 unspecified atom stereocenters. The molecule has 0 atom stereocenters. The van der Waals surface area contributed by atoms with E-state index < -0.39 is 0 Å². The Morgan fingerprint density at radius 3 is 2.14 bits per heavy atom. The molecule has 0 heterocycles. The van der Waals surface area contributed by atoms with E-state index in [0.29, 0.717) is 0 Å². The van der Waals surface area contributed by atoms with Crippen LogP contribution in [0.3, 0.4) is 0 Å². The normalized spacial score (nSPS) is 13.1. The van der Waals surface area contributed by atoms with Gasteiger partial charge in [-0.05, 0) is 43.2 Å². The number of carbonyl (C=O) groups is 1. The van der Waals surface area contributed by atoms with Crippen molar-refractivity contribution in [1.82, 2.24) is 0 Å². The van der Waals surface area contributed by atoms with Crippen molar-refractivity contribution in [1.29, 1.82) is 0 Å². The molecule has 0 aliphatic heterocycles.